The molecule has 100 heavy (non-hydrogen) atoms. The number of aromatic hydroxyl groups is 1. The number of imidazole rings is 1. The number of hydrogen-bond donors (Lipinski definition) is 20. The Morgan fingerprint density at radius 2 is 0.880 bits per heavy atom. The highest BCUT2D eigenvalue weighted by atomic mass is 16.4. The first-order chi connectivity index (χ1) is 47.6. The zero-order valence-electron chi connectivity index (χ0n) is 58.3. The number of nitrogens with zero attached hydrogens (tertiary/aromatic N) is 4. The molecule has 0 aliphatic carbocycles. The number of rotatable bonds is 53. The van der Waals surface area contributed by atoms with Gasteiger partial charge >= 0.3 is 5.97 Å². The van der Waals surface area contributed by atoms with E-state index in [4.69, 9.17) is 34.4 Å². The van der Waals surface area contributed by atoms with Gasteiger partial charge in [-0.1, -0.05) is 110 Å². The van der Waals surface area contributed by atoms with Crippen molar-refractivity contribution in [3.05, 3.63) is 48.0 Å². The first-order valence-corrected chi connectivity index (χ1v) is 34.3. The van der Waals surface area contributed by atoms with Gasteiger partial charge in [-0.05, 0) is 81.9 Å². The van der Waals surface area contributed by atoms with Gasteiger partial charge < -0.3 is 108 Å². The molecule has 35 nitrogen and oxygen atoms in total. The number of phenols is 1. The topological polar surface area (TPSA) is 591 Å². The number of carboxylic acid groups (broad SMARTS) is 1. The molecule has 0 saturated heterocycles. The second kappa shape index (κ2) is 49.6. The number of nitrogens with two attached hydrogens (primary N) is 6. The number of carboxylic acids is 1. The number of H-pyrrole nitrogens is 1. The fourth-order valence-corrected chi connectivity index (χ4v) is 10.2. The van der Waals surface area contributed by atoms with Gasteiger partial charge in [0.15, 0.2) is 17.9 Å². The lowest BCUT2D eigenvalue weighted by molar-refractivity contribution is -0.142. The van der Waals surface area contributed by atoms with Gasteiger partial charge in [-0.15, -0.1) is 0 Å². The molecule has 0 aliphatic rings. The van der Waals surface area contributed by atoms with E-state index in [1.54, 1.807) is 13.8 Å². The average molecular weight is 1410 g/mol. The third kappa shape index (κ3) is 38.9. The van der Waals surface area contributed by atoms with Crippen molar-refractivity contribution in [3.8, 4) is 5.75 Å². The van der Waals surface area contributed by atoms with Gasteiger partial charge in [0.25, 0.3) is 0 Å². The van der Waals surface area contributed by atoms with Gasteiger partial charge in [-0.25, -0.2) is 9.78 Å². The lowest BCUT2D eigenvalue weighted by Gasteiger charge is -2.26. The van der Waals surface area contributed by atoms with Crippen LogP contribution in [-0.2, 0) is 65.6 Å². The highest BCUT2D eigenvalue weighted by molar-refractivity contribution is 5.98. The van der Waals surface area contributed by atoms with Crippen molar-refractivity contribution in [3.63, 3.8) is 0 Å². The maximum absolute atomic E-state index is 14.5. The van der Waals surface area contributed by atoms with Crippen LogP contribution in [0, 0.1) is 5.92 Å². The van der Waals surface area contributed by atoms with Crippen LogP contribution in [0.3, 0.4) is 0 Å². The van der Waals surface area contributed by atoms with Crippen molar-refractivity contribution >= 4 is 82.9 Å². The van der Waals surface area contributed by atoms with E-state index in [2.05, 4.69) is 85.0 Å². The molecule has 0 unspecified atom stereocenters. The van der Waals surface area contributed by atoms with Crippen molar-refractivity contribution < 1.29 is 68.1 Å². The number of carbonyl (C=O) groups is 11. The molecule has 560 valence electrons. The van der Waals surface area contributed by atoms with Crippen LogP contribution in [0.2, 0.25) is 0 Å². The summed E-state index contributed by atoms with van der Waals surface area (Å²) in [6.07, 6.45) is 17.1. The van der Waals surface area contributed by atoms with Crippen LogP contribution in [0.15, 0.2) is 51.8 Å². The molecule has 0 radical (unpaired) electrons. The Balaban J connectivity index is 2.28. The summed E-state index contributed by atoms with van der Waals surface area (Å²) in [6, 6.07) is -5.53. The maximum Gasteiger partial charge on any atom is 0.326 e. The van der Waals surface area contributed by atoms with Crippen LogP contribution in [0.4, 0.5) is 0 Å². The van der Waals surface area contributed by atoms with E-state index in [0.29, 0.717) is 17.7 Å². The Bertz CT molecular complexity index is 2940. The van der Waals surface area contributed by atoms with Crippen LogP contribution < -0.4 is 87.6 Å². The monoisotopic (exact) mass is 1410 g/mol. The predicted octanol–water partition coefficient (Wildman–Crippen LogP) is -2.20. The molecule has 2 rings (SSSR count). The quantitative estimate of drug-likeness (QED) is 0.0190. The predicted molar refractivity (Wildman–Crippen MR) is 375 cm³/mol. The Kier molecular flexibility index (Phi) is 42.8. The second-order valence-corrected chi connectivity index (χ2v) is 24.9. The zero-order chi connectivity index (χ0) is 74.4. The number of aromatic amines is 1. The van der Waals surface area contributed by atoms with E-state index in [1.165, 1.54) is 95.1 Å². The van der Waals surface area contributed by atoms with Crippen molar-refractivity contribution in [2.24, 2.45) is 55.3 Å². The van der Waals surface area contributed by atoms with Crippen molar-refractivity contribution in [1.29, 1.82) is 0 Å². The SMILES string of the molecule is CCCCCCCCCCCCCCCC(=O)N[C@@H](CO)C(=O)NCC(=O)N[C@@H](CCCN=C(N)N)C(=O)N[C@@H](CCCN=C(N)N)C(=O)N[C@@H](Cc1ccc(O)cc1)C(=O)NCC(=O)N[C@@H](Cc1cnc[nH]1)C(=O)N[C@@H](C)C(=O)N[C@@H](CC(C)C)C(=O)N[C@@H](CCCN=C(N)N)C(=O)O. The van der Waals surface area contributed by atoms with Crippen LogP contribution in [0.5, 0.6) is 5.75 Å². The van der Waals surface area contributed by atoms with E-state index in [-0.39, 0.29) is 113 Å². The van der Waals surface area contributed by atoms with Crippen molar-refractivity contribution in [2.75, 3.05) is 39.3 Å². The minimum atomic E-state index is -1.51. The lowest BCUT2D eigenvalue weighted by Crippen LogP contribution is -2.59. The maximum atomic E-state index is 14.5. The van der Waals surface area contributed by atoms with E-state index in [1.807, 2.05) is 0 Å². The van der Waals surface area contributed by atoms with E-state index in [0.717, 1.165) is 25.7 Å². The molecule has 1 aromatic heterocycles. The summed E-state index contributed by atoms with van der Waals surface area (Å²) >= 11 is 0. The smallest absolute Gasteiger partial charge is 0.326 e. The number of aromatic nitrogens is 2. The van der Waals surface area contributed by atoms with E-state index in [9.17, 15) is 68.1 Å². The molecule has 0 saturated carbocycles. The highest BCUT2D eigenvalue weighted by Crippen LogP contribution is 2.16. The standard InChI is InChI=1S/C65H111N21O14/c1-5-6-7-8-9-10-11-12-13-14-15-16-17-24-52(89)82-51(38-87)57(94)77-36-53(90)80-45(21-18-29-73-63(66)67)58(95)83-46(22-19-30-74-64(68)69)59(96)86-49(33-42-25-27-44(88)28-26-42)56(93)76-37-54(91)81-50(34-43-35-72-39-78-43)60(97)79-41(4)55(92)85-48(32-40(2)3)61(98)84-47(62(99)100)23-20-31-75-65(70)71/h25-28,35,39-41,45-51,87-88H,5-24,29-34,36-38H2,1-4H3,(H,72,78)(H,76,93)(H,77,94)(H,79,97)(H,80,90)(H,81,91)(H,82,89)(H,83,95)(H,84,98)(H,85,92)(H,86,96)(H,99,100)(H4,66,67,73)(H4,68,69,74)(H4,70,71,75)/t41-,45-,46-,47-,48-,49-,50-,51-/m0/s1. The molecule has 1 aromatic carbocycles. The Morgan fingerprint density at radius 3 is 1.35 bits per heavy atom. The molecule has 35 heteroatoms. The number of benzene rings is 1. The number of aliphatic imine (C=N–C) groups is 3. The zero-order valence-corrected chi connectivity index (χ0v) is 58.3. The number of aliphatic hydroxyl groups excluding tert-OH is 1. The number of carbonyl (C=O) groups excluding carboxylic acids is 10. The Hall–Kier alpha value is -9.83. The number of phenolic OH excluding ortho intramolecular Hbond substituents is 1. The molecule has 1 heterocycles. The average Bonchev–Trinajstić information content (AvgIpc) is 0.976. The van der Waals surface area contributed by atoms with Gasteiger partial charge in [-0.2, -0.15) is 0 Å². The number of hydrogen-bond acceptors (Lipinski definition) is 17. The first kappa shape index (κ1) is 86.3. The second-order valence-electron chi connectivity index (χ2n) is 24.9. The number of amides is 10. The minimum Gasteiger partial charge on any atom is -0.508 e. The van der Waals surface area contributed by atoms with Crippen LogP contribution in [0.25, 0.3) is 0 Å². The Morgan fingerprint density at radius 1 is 0.470 bits per heavy atom. The molecule has 0 fully saturated rings. The summed E-state index contributed by atoms with van der Waals surface area (Å²) in [4.78, 5) is 168. The van der Waals surface area contributed by atoms with Crippen LogP contribution in [0.1, 0.15) is 174 Å². The molecular weight excluding hydrogens is 1300 g/mol. The van der Waals surface area contributed by atoms with Gasteiger partial charge in [0.05, 0.1) is 26.0 Å². The lowest BCUT2D eigenvalue weighted by atomic mass is 10.0. The summed E-state index contributed by atoms with van der Waals surface area (Å²) < 4.78 is 0. The van der Waals surface area contributed by atoms with Crippen molar-refractivity contribution in [2.45, 2.75) is 224 Å². The van der Waals surface area contributed by atoms with Gasteiger partial charge in [0, 0.05) is 50.8 Å². The molecule has 26 N–H and O–H groups in total. The first-order valence-electron chi connectivity index (χ1n) is 34.3. The molecule has 2 aromatic rings. The fourth-order valence-electron chi connectivity index (χ4n) is 10.2. The molecule has 0 bridgehead atoms. The molecular formula is C65H111N21O14. The molecule has 0 aliphatic heterocycles. The summed E-state index contributed by atoms with van der Waals surface area (Å²) in [6.45, 7) is 4.89. The van der Waals surface area contributed by atoms with Crippen LogP contribution >= 0.6 is 0 Å². The summed E-state index contributed by atoms with van der Waals surface area (Å²) in [5, 5.41) is 55.1. The summed E-state index contributed by atoms with van der Waals surface area (Å²) in [7, 11) is 0. The number of aliphatic carboxylic acids is 1. The van der Waals surface area contributed by atoms with Gasteiger partial charge in [0.2, 0.25) is 59.1 Å². The molecule has 0 spiro atoms. The Labute approximate surface area is 584 Å². The van der Waals surface area contributed by atoms with E-state index >= 15 is 0 Å². The van der Waals surface area contributed by atoms with Gasteiger partial charge in [0.1, 0.15) is 54.1 Å². The van der Waals surface area contributed by atoms with Crippen LogP contribution in [-0.4, -0.2) is 196 Å². The third-order valence-electron chi connectivity index (χ3n) is 15.7. The number of guanidine groups is 3. The largest absolute Gasteiger partial charge is 0.508 e. The van der Waals surface area contributed by atoms with E-state index < -0.39 is 133 Å². The minimum absolute atomic E-state index is 0.00867. The molecule has 8 atom stereocenters. The summed E-state index contributed by atoms with van der Waals surface area (Å²) in [5.41, 5.74) is 33.6. The normalized spacial score (nSPS) is 13.3. The molecule has 10 amide bonds. The fraction of sp³-hybridized carbons (Fsp3) is 0.646. The number of unbranched alkanes of at least 4 members (excludes halogenated alkanes) is 12. The highest BCUT2D eigenvalue weighted by Gasteiger charge is 2.33. The number of nitrogens with one attached hydrogen (secondary N) is 11. The number of aliphatic hydroxyl groups is 1. The van der Waals surface area contributed by atoms with Gasteiger partial charge in [-0.3, -0.25) is 62.9 Å². The third-order valence-corrected chi connectivity index (χ3v) is 15.7. The summed E-state index contributed by atoms with van der Waals surface area (Å²) in [5.74, 6) is -10.7. The van der Waals surface area contributed by atoms with Crippen molar-refractivity contribution in [1.82, 2.24) is 63.1 Å².